The van der Waals surface area contributed by atoms with Crippen molar-refractivity contribution in [2.45, 2.75) is 20.1 Å². The van der Waals surface area contributed by atoms with Gasteiger partial charge in [-0.25, -0.2) is 4.79 Å². The maximum Gasteiger partial charge on any atom is 0.335 e. The molecule has 0 saturated heterocycles. The lowest BCUT2D eigenvalue weighted by Crippen LogP contribution is -2.08. The average Bonchev–Trinajstić information content (AvgIpc) is 2.73. The van der Waals surface area contributed by atoms with Crippen LogP contribution in [0.15, 0.2) is 59.1 Å². The van der Waals surface area contributed by atoms with Gasteiger partial charge >= 0.3 is 5.97 Å². The molecular weight excluding hydrogens is 470 g/mol. The Balaban J connectivity index is 1.88. The Labute approximate surface area is 188 Å². The summed E-state index contributed by atoms with van der Waals surface area (Å²) in [6.07, 6.45) is 0. The summed E-state index contributed by atoms with van der Waals surface area (Å²) in [4.78, 5) is 11.3. The highest BCUT2D eigenvalue weighted by atomic mass is 79.9. The first-order valence-corrected chi connectivity index (χ1v) is 10.4. The molecule has 0 saturated carbocycles. The molecule has 0 amide bonds. The number of rotatable bonds is 8. The number of carbonyl (C=O) groups is 1. The van der Waals surface area contributed by atoms with Gasteiger partial charge in [0.2, 0.25) is 0 Å². The second kappa shape index (κ2) is 9.87. The van der Waals surface area contributed by atoms with Crippen LogP contribution in [0.25, 0.3) is 0 Å². The Morgan fingerprint density at radius 3 is 2.63 bits per heavy atom. The van der Waals surface area contributed by atoms with Gasteiger partial charge in [0.05, 0.1) is 12.7 Å². The summed E-state index contributed by atoms with van der Waals surface area (Å²) in [7, 11) is 1.59. The number of halogens is 2. The molecular formula is C23H21BrClNO4. The zero-order valence-electron chi connectivity index (χ0n) is 16.5. The highest BCUT2D eigenvalue weighted by Gasteiger charge is 2.16. The van der Waals surface area contributed by atoms with Crippen LogP contribution in [0.2, 0.25) is 5.02 Å². The second-order valence-electron chi connectivity index (χ2n) is 6.63. The highest BCUT2D eigenvalue weighted by Crippen LogP contribution is 2.37. The fraction of sp³-hybridized carbons (Fsp3) is 0.174. The van der Waals surface area contributed by atoms with Crippen molar-refractivity contribution in [2.75, 3.05) is 12.4 Å². The maximum atomic E-state index is 11.3. The Kier molecular flexibility index (Phi) is 7.24. The monoisotopic (exact) mass is 489 g/mol. The lowest BCUT2D eigenvalue weighted by atomic mass is 10.1. The average molecular weight is 491 g/mol. The molecule has 156 valence electrons. The van der Waals surface area contributed by atoms with E-state index < -0.39 is 5.97 Å². The van der Waals surface area contributed by atoms with Gasteiger partial charge in [0.15, 0.2) is 11.5 Å². The topological polar surface area (TPSA) is 67.8 Å². The van der Waals surface area contributed by atoms with E-state index in [0.717, 1.165) is 26.9 Å². The highest BCUT2D eigenvalue weighted by molar-refractivity contribution is 9.10. The number of anilines is 1. The van der Waals surface area contributed by atoms with Gasteiger partial charge in [0.1, 0.15) is 6.61 Å². The van der Waals surface area contributed by atoms with Gasteiger partial charge in [-0.15, -0.1) is 0 Å². The first-order chi connectivity index (χ1) is 14.4. The van der Waals surface area contributed by atoms with Crippen molar-refractivity contribution in [3.8, 4) is 11.5 Å². The van der Waals surface area contributed by atoms with Crippen molar-refractivity contribution in [1.82, 2.24) is 0 Å². The van der Waals surface area contributed by atoms with E-state index in [1.165, 1.54) is 0 Å². The molecule has 0 heterocycles. The third kappa shape index (κ3) is 5.07. The van der Waals surface area contributed by atoms with Gasteiger partial charge in [-0.1, -0.05) is 51.8 Å². The molecule has 0 aromatic heterocycles. The largest absolute Gasteiger partial charge is 0.493 e. The van der Waals surface area contributed by atoms with Crippen LogP contribution < -0.4 is 14.8 Å². The second-order valence-corrected chi connectivity index (χ2v) is 7.89. The van der Waals surface area contributed by atoms with E-state index >= 15 is 0 Å². The Morgan fingerprint density at radius 1 is 1.17 bits per heavy atom. The number of nitrogens with one attached hydrogen (secondary N) is 1. The molecule has 3 rings (SSSR count). The summed E-state index contributed by atoms with van der Waals surface area (Å²) in [6, 6.07) is 16.2. The fourth-order valence-corrected chi connectivity index (χ4v) is 3.60. The molecule has 0 atom stereocenters. The van der Waals surface area contributed by atoms with Gasteiger partial charge < -0.3 is 19.9 Å². The maximum absolute atomic E-state index is 11.3. The van der Waals surface area contributed by atoms with Crippen LogP contribution in [-0.4, -0.2) is 18.2 Å². The lowest BCUT2D eigenvalue weighted by molar-refractivity contribution is 0.0697. The minimum absolute atomic E-state index is 0.225. The van der Waals surface area contributed by atoms with Crippen LogP contribution >= 0.6 is 27.5 Å². The molecule has 0 aliphatic heterocycles. The summed E-state index contributed by atoms with van der Waals surface area (Å²) in [5.74, 6) is 0.216. The molecule has 3 aromatic carbocycles. The van der Waals surface area contributed by atoms with Crippen LogP contribution in [0.1, 0.15) is 27.0 Å². The third-order valence-corrected chi connectivity index (χ3v) is 5.77. The van der Waals surface area contributed by atoms with Gasteiger partial charge in [0, 0.05) is 32.9 Å². The lowest BCUT2D eigenvalue weighted by Gasteiger charge is -2.18. The van der Waals surface area contributed by atoms with Gasteiger partial charge in [0.25, 0.3) is 0 Å². The van der Waals surface area contributed by atoms with Gasteiger partial charge in [-0.3, -0.25) is 0 Å². The molecule has 0 spiro atoms. The molecule has 0 radical (unpaired) electrons. The number of carboxylic acids is 1. The van der Waals surface area contributed by atoms with Crippen LogP contribution in [-0.2, 0) is 13.2 Å². The molecule has 0 unspecified atom stereocenters. The number of hydrogen-bond donors (Lipinski definition) is 2. The zero-order chi connectivity index (χ0) is 21.7. The van der Waals surface area contributed by atoms with Crippen molar-refractivity contribution in [3.05, 3.63) is 86.3 Å². The standard InChI is InChI=1S/C23H21BrClNO4/c1-14-7-8-15(23(27)28)11-20(14)26-12-17-18(24)9-10-21(29-2)22(17)30-13-16-5-3-4-6-19(16)25/h3-11,26H,12-13H2,1-2H3,(H,27,28). The van der Waals surface area contributed by atoms with Crippen LogP contribution in [0.3, 0.4) is 0 Å². The number of aryl methyl sites for hydroxylation is 1. The van der Waals surface area contributed by atoms with Crippen molar-refractivity contribution in [3.63, 3.8) is 0 Å². The van der Waals surface area contributed by atoms with Gasteiger partial charge in [-0.2, -0.15) is 0 Å². The molecule has 0 fully saturated rings. The molecule has 30 heavy (non-hydrogen) atoms. The molecule has 7 heteroatoms. The number of methoxy groups -OCH3 is 1. The number of carboxylic acid groups (broad SMARTS) is 1. The number of benzene rings is 3. The Bertz CT molecular complexity index is 1070. The molecule has 0 aliphatic carbocycles. The van der Waals surface area contributed by atoms with Crippen LogP contribution in [0, 0.1) is 6.92 Å². The molecule has 5 nitrogen and oxygen atoms in total. The summed E-state index contributed by atoms with van der Waals surface area (Å²) < 4.78 is 12.5. The molecule has 0 bridgehead atoms. The number of hydrogen-bond acceptors (Lipinski definition) is 4. The van der Waals surface area contributed by atoms with Gasteiger partial charge in [-0.05, 0) is 42.8 Å². The third-order valence-electron chi connectivity index (χ3n) is 4.66. The summed E-state index contributed by atoms with van der Waals surface area (Å²) >= 11 is 9.84. The summed E-state index contributed by atoms with van der Waals surface area (Å²) in [5, 5.41) is 13.2. The van der Waals surface area contributed by atoms with E-state index in [9.17, 15) is 9.90 Å². The van der Waals surface area contributed by atoms with Crippen molar-refractivity contribution >= 4 is 39.2 Å². The SMILES string of the molecule is COc1ccc(Br)c(CNc2cc(C(=O)O)ccc2C)c1OCc1ccccc1Cl. The molecule has 2 N–H and O–H groups in total. The van der Waals surface area contributed by atoms with E-state index in [1.807, 2.05) is 43.3 Å². The predicted octanol–water partition coefficient (Wildman–Crippen LogP) is 6.31. The zero-order valence-corrected chi connectivity index (χ0v) is 18.9. The van der Waals surface area contributed by atoms with E-state index in [4.69, 9.17) is 21.1 Å². The minimum Gasteiger partial charge on any atom is -0.493 e. The van der Waals surface area contributed by atoms with Crippen molar-refractivity contribution < 1.29 is 19.4 Å². The minimum atomic E-state index is -0.968. The first-order valence-electron chi connectivity index (χ1n) is 9.20. The van der Waals surface area contributed by atoms with Crippen LogP contribution in [0.4, 0.5) is 5.69 Å². The smallest absolute Gasteiger partial charge is 0.335 e. The molecule has 3 aromatic rings. The van der Waals surface area contributed by atoms with E-state index in [2.05, 4.69) is 21.2 Å². The fourth-order valence-electron chi connectivity index (χ4n) is 2.96. The summed E-state index contributed by atoms with van der Waals surface area (Å²) in [5.41, 5.74) is 3.62. The van der Waals surface area contributed by atoms with E-state index in [0.29, 0.717) is 23.1 Å². The Morgan fingerprint density at radius 2 is 1.93 bits per heavy atom. The normalized spacial score (nSPS) is 10.5. The number of aromatic carboxylic acids is 1. The van der Waals surface area contributed by atoms with Crippen molar-refractivity contribution in [2.24, 2.45) is 0 Å². The predicted molar refractivity (Wildman–Crippen MR) is 122 cm³/mol. The van der Waals surface area contributed by atoms with E-state index in [-0.39, 0.29) is 12.2 Å². The molecule has 0 aliphatic rings. The Hall–Kier alpha value is -2.70. The quantitative estimate of drug-likeness (QED) is 0.387. The summed E-state index contributed by atoms with van der Waals surface area (Å²) in [6.45, 7) is 2.61. The first kappa shape index (κ1) is 22.0. The van der Waals surface area contributed by atoms with Crippen LogP contribution in [0.5, 0.6) is 11.5 Å². The number of ether oxygens (including phenoxy) is 2. The van der Waals surface area contributed by atoms with Crippen molar-refractivity contribution in [1.29, 1.82) is 0 Å². The van der Waals surface area contributed by atoms with E-state index in [1.54, 1.807) is 25.3 Å².